The molecule has 2 N–H and O–H groups in total. The number of thioether (sulfide) groups is 2. The summed E-state index contributed by atoms with van der Waals surface area (Å²) in [6, 6.07) is 11.9. The van der Waals surface area contributed by atoms with Crippen LogP contribution >= 0.6 is 23.5 Å². The number of carbonyl (C=O) groups is 2. The molecule has 0 atom stereocenters. The molecule has 0 aliphatic carbocycles. The highest BCUT2D eigenvalue weighted by molar-refractivity contribution is 7.99. The predicted octanol–water partition coefficient (Wildman–Crippen LogP) is 6.72. The quantitative estimate of drug-likeness (QED) is 0.113. The van der Waals surface area contributed by atoms with Gasteiger partial charge in [0, 0.05) is 43.2 Å². The molecule has 2 heterocycles. The Kier molecular flexibility index (Phi) is 13.1. The van der Waals surface area contributed by atoms with Crippen molar-refractivity contribution >= 4 is 35.3 Å². The number of alkyl halides is 3. The largest absolute Gasteiger partial charge is 0.416 e. The molecule has 1 aliphatic heterocycles. The van der Waals surface area contributed by atoms with Gasteiger partial charge in [-0.05, 0) is 86.9 Å². The van der Waals surface area contributed by atoms with Crippen LogP contribution in [0, 0.1) is 0 Å². The van der Waals surface area contributed by atoms with Crippen molar-refractivity contribution in [3.8, 4) is 11.1 Å². The lowest BCUT2D eigenvalue weighted by atomic mass is 9.97. The van der Waals surface area contributed by atoms with Crippen LogP contribution in [0.15, 0.2) is 64.9 Å². The van der Waals surface area contributed by atoms with E-state index in [1.807, 2.05) is 12.5 Å². The van der Waals surface area contributed by atoms with E-state index >= 15 is 0 Å². The van der Waals surface area contributed by atoms with E-state index in [0.717, 1.165) is 85.9 Å². The molecule has 12 heteroatoms. The van der Waals surface area contributed by atoms with E-state index < -0.39 is 11.7 Å². The highest BCUT2D eigenvalue weighted by Gasteiger charge is 2.30. The van der Waals surface area contributed by atoms with Crippen LogP contribution in [-0.4, -0.2) is 71.4 Å². The zero-order valence-corrected chi connectivity index (χ0v) is 27.3. The lowest BCUT2D eigenvalue weighted by Crippen LogP contribution is -2.45. The van der Waals surface area contributed by atoms with E-state index in [1.165, 1.54) is 12.1 Å². The summed E-state index contributed by atoms with van der Waals surface area (Å²) in [5.41, 5.74) is 2.02. The average molecular weight is 660 g/mol. The molecular formula is C33H40F3N5O2S2. The Labute approximate surface area is 271 Å². The number of nitrogens with one attached hydrogen (secondary N) is 2. The van der Waals surface area contributed by atoms with Gasteiger partial charge in [-0.15, -0.1) is 23.5 Å². The van der Waals surface area contributed by atoms with Gasteiger partial charge in [0.15, 0.2) is 0 Å². The fraction of sp³-hybridized carbons (Fsp3) is 0.455. The second-order valence-corrected chi connectivity index (χ2v) is 12.6. The molecule has 1 aliphatic rings. The minimum absolute atomic E-state index is 0.0372. The summed E-state index contributed by atoms with van der Waals surface area (Å²) < 4.78 is 38.9. The average Bonchev–Trinajstić information content (AvgIpc) is 3.05. The first-order chi connectivity index (χ1) is 21.7. The lowest BCUT2D eigenvalue weighted by molar-refractivity contribution is -0.137. The van der Waals surface area contributed by atoms with Gasteiger partial charge in [-0.1, -0.05) is 30.3 Å². The van der Waals surface area contributed by atoms with Crippen molar-refractivity contribution in [3.63, 3.8) is 0 Å². The van der Waals surface area contributed by atoms with Crippen molar-refractivity contribution < 1.29 is 22.8 Å². The number of hydrogen-bond acceptors (Lipinski definition) is 7. The second-order valence-electron chi connectivity index (χ2n) is 11.0. The Hall–Kier alpha value is -3.09. The maximum Gasteiger partial charge on any atom is 0.416 e. The molecule has 0 saturated carbocycles. The molecule has 242 valence electrons. The Morgan fingerprint density at radius 3 is 2.24 bits per heavy atom. The summed E-state index contributed by atoms with van der Waals surface area (Å²) in [5, 5.41) is 8.12. The topological polar surface area (TPSA) is 87.2 Å². The second kappa shape index (κ2) is 17.0. The number of halogens is 3. The number of rotatable bonds is 14. The molecule has 1 saturated heterocycles. The Balaban J connectivity index is 1.13. The molecule has 4 rings (SSSR count). The lowest BCUT2D eigenvalue weighted by Gasteiger charge is -2.32. The summed E-state index contributed by atoms with van der Waals surface area (Å²) in [6.07, 6.45) is 6.74. The maximum absolute atomic E-state index is 13.2. The van der Waals surface area contributed by atoms with Crippen molar-refractivity contribution in [2.24, 2.45) is 0 Å². The zero-order valence-electron chi connectivity index (χ0n) is 25.7. The number of unbranched alkanes of at least 4 members (excludes halogenated alkanes) is 1. The van der Waals surface area contributed by atoms with Gasteiger partial charge in [-0.25, -0.2) is 9.97 Å². The van der Waals surface area contributed by atoms with Crippen LogP contribution in [-0.2, 0) is 17.4 Å². The maximum atomic E-state index is 13.2. The number of likely N-dealkylation sites (tertiary alicyclic amines) is 1. The molecule has 1 aromatic heterocycles. The number of carbonyl (C=O) groups excluding carboxylic acids is 2. The summed E-state index contributed by atoms with van der Waals surface area (Å²) in [7, 11) is 0. The molecule has 3 aromatic rings. The van der Waals surface area contributed by atoms with E-state index in [4.69, 9.17) is 0 Å². The van der Waals surface area contributed by atoms with Crippen LogP contribution in [0.1, 0.15) is 60.0 Å². The molecule has 2 aromatic carbocycles. The molecular weight excluding hydrogens is 620 g/mol. The molecule has 0 unspecified atom stereocenters. The van der Waals surface area contributed by atoms with Gasteiger partial charge in [-0.3, -0.25) is 9.59 Å². The van der Waals surface area contributed by atoms with Crippen LogP contribution < -0.4 is 10.6 Å². The molecule has 7 nitrogen and oxygen atoms in total. The normalized spacial score (nSPS) is 14.3. The van der Waals surface area contributed by atoms with Crippen molar-refractivity contribution in [2.75, 3.05) is 38.7 Å². The van der Waals surface area contributed by atoms with Gasteiger partial charge in [0.05, 0.1) is 5.56 Å². The summed E-state index contributed by atoms with van der Waals surface area (Å²) >= 11 is 3.21. The van der Waals surface area contributed by atoms with Crippen molar-refractivity contribution in [1.29, 1.82) is 0 Å². The Bertz CT molecular complexity index is 1390. The van der Waals surface area contributed by atoms with E-state index in [-0.39, 0.29) is 17.9 Å². The van der Waals surface area contributed by atoms with E-state index in [2.05, 4.69) is 25.5 Å². The minimum atomic E-state index is -4.41. The summed E-state index contributed by atoms with van der Waals surface area (Å²) in [4.78, 5) is 36.6. The van der Waals surface area contributed by atoms with Gasteiger partial charge >= 0.3 is 6.18 Å². The first kappa shape index (κ1) is 34.8. The monoisotopic (exact) mass is 659 g/mol. The summed E-state index contributed by atoms with van der Waals surface area (Å²) in [6.45, 7) is 3.34. The Morgan fingerprint density at radius 1 is 0.933 bits per heavy atom. The third-order valence-electron chi connectivity index (χ3n) is 7.92. The van der Waals surface area contributed by atoms with Gasteiger partial charge in [0.25, 0.3) is 5.91 Å². The smallest absolute Gasteiger partial charge is 0.356 e. The number of aromatic nitrogens is 2. The van der Waals surface area contributed by atoms with Crippen LogP contribution in [0.4, 0.5) is 13.2 Å². The SMILES string of the molecule is CSc1ncnc(SC)c1CCCC(=O)NCCCCN1CCC(NC(=O)c2ccccc2-c2ccc(C(F)(F)F)cc2)CC1. The third kappa shape index (κ3) is 10.2. The highest BCUT2D eigenvalue weighted by Crippen LogP contribution is 2.32. The number of hydrogen-bond donors (Lipinski definition) is 2. The number of benzene rings is 2. The predicted molar refractivity (Wildman–Crippen MR) is 175 cm³/mol. The molecule has 45 heavy (non-hydrogen) atoms. The number of amides is 2. The first-order valence-corrected chi connectivity index (χ1v) is 17.6. The fourth-order valence-corrected chi connectivity index (χ4v) is 6.74. The van der Waals surface area contributed by atoms with Crippen LogP contribution in [0.3, 0.4) is 0 Å². The van der Waals surface area contributed by atoms with E-state index in [0.29, 0.717) is 29.7 Å². The van der Waals surface area contributed by atoms with E-state index in [9.17, 15) is 22.8 Å². The van der Waals surface area contributed by atoms with Crippen molar-refractivity contribution in [3.05, 3.63) is 71.5 Å². The van der Waals surface area contributed by atoms with Gasteiger partial charge in [-0.2, -0.15) is 13.2 Å². The first-order valence-electron chi connectivity index (χ1n) is 15.2. The number of nitrogens with zero attached hydrogens (tertiary/aromatic N) is 3. The fourth-order valence-electron chi connectivity index (χ4n) is 5.48. The molecule has 0 spiro atoms. The number of piperidine rings is 1. The molecule has 1 fully saturated rings. The van der Waals surface area contributed by atoms with Crippen LogP contribution in [0.2, 0.25) is 0 Å². The third-order valence-corrected chi connectivity index (χ3v) is 9.40. The van der Waals surface area contributed by atoms with Gasteiger partial charge in [0.1, 0.15) is 16.4 Å². The van der Waals surface area contributed by atoms with Crippen LogP contribution in [0.25, 0.3) is 11.1 Å². The molecule has 0 radical (unpaired) electrons. The van der Waals surface area contributed by atoms with Crippen molar-refractivity contribution in [1.82, 2.24) is 25.5 Å². The highest BCUT2D eigenvalue weighted by atomic mass is 32.2. The van der Waals surface area contributed by atoms with E-state index in [1.54, 1.807) is 54.1 Å². The van der Waals surface area contributed by atoms with Gasteiger partial charge in [0.2, 0.25) is 5.91 Å². The zero-order chi connectivity index (χ0) is 32.2. The summed E-state index contributed by atoms with van der Waals surface area (Å²) in [5.74, 6) is -0.147. The standard InChI is InChI=1S/C33H40F3N5O2S2/c1-44-31-28(32(45-2)39-22-38-31)10-7-11-29(42)37-18-5-6-19-41-20-16-25(17-21-41)40-30(43)27-9-4-3-8-26(27)23-12-14-24(15-13-23)33(34,35)36/h3-4,8-9,12-15,22,25H,5-7,10-11,16-21H2,1-2H3,(H,37,42)(H,40,43). The van der Waals surface area contributed by atoms with Crippen LogP contribution in [0.5, 0.6) is 0 Å². The molecule has 2 amide bonds. The van der Waals surface area contributed by atoms with Gasteiger partial charge < -0.3 is 15.5 Å². The Morgan fingerprint density at radius 2 is 1.60 bits per heavy atom. The van der Waals surface area contributed by atoms with Crippen molar-refractivity contribution in [2.45, 2.75) is 67.2 Å². The molecule has 0 bridgehead atoms. The minimum Gasteiger partial charge on any atom is -0.356 e.